The molecule has 0 aromatic heterocycles. The van der Waals surface area contributed by atoms with Gasteiger partial charge in [0.2, 0.25) is 0 Å². The Morgan fingerprint density at radius 1 is 1.21 bits per heavy atom. The minimum absolute atomic E-state index is 0.0441. The Morgan fingerprint density at radius 3 is 2.67 bits per heavy atom. The average Bonchev–Trinajstić information content (AvgIpc) is 2.63. The first-order valence-electron chi connectivity index (χ1n) is 7.75. The van der Waals surface area contributed by atoms with E-state index in [4.69, 9.17) is 9.47 Å². The summed E-state index contributed by atoms with van der Waals surface area (Å²) in [5.74, 6) is -0.252. The maximum absolute atomic E-state index is 12.7. The number of methoxy groups -OCH3 is 1. The third kappa shape index (κ3) is 3.08. The van der Waals surface area contributed by atoms with Gasteiger partial charge in [0.25, 0.3) is 0 Å². The van der Waals surface area contributed by atoms with Gasteiger partial charge in [-0.05, 0) is 36.3 Å². The predicted octanol–water partition coefficient (Wildman–Crippen LogP) is 3.62. The highest BCUT2D eigenvalue weighted by atomic mass is 16.5. The normalized spacial score (nSPS) is 16.2. The molecule has 0 saturated heterocycles. The molecule has 1 unspecified atom stereocenters. The molecule has 122 valence electrons. The Labute approximate surface area is 140 Å². The van der Waals surface area contributed by atoms with Crippen LogP contribution in [0.5, 0.6) is 5.75 Å². The third-order valence-corrected chi connectivity index (χ3v) is 4.12. The van der Waals surface area contributed by atoms with Crippen molar-refractivity contribution < 1.29 is 19.1 Å². The van der Waals surface area contributed by atoms with Gasteiger partial charge in [0, 0.05) is 5.57 Å². The lowest BCUT2D eigenvalue weighted by molar-refractivity contribution is -0.141. The van der Waals surface area contributed by atoms with Crippen molar-refractivity contribution in [3.05, 3.63) is 70.8 Å². The van der Waals surface area contributed by atoms with Crippen LogP contribution in [0.15, 0.2) is 54.1 Å². The van der Waals surface area contributed by atoms with Crippen molar-refractivity contribution in [2.24, 2.45) is 0 Å². The van der Waals surface area contributed by atoms with E-state index in [1.54, 1.807) is 25.1 Å². The maximum atomic E-state index is 12.7. The summed E-state index contributed by atoms with van der Waals surface area (Å²) in [6.45, 7) is 1.98. The molecule has 3 rings (SSSR count). The van der Waals surface area contributed by atoms with Crippen LogP contribution in [0.3, 0.4) is 0 Å². The largest absolute Gasteiger partial charge is 0.488 e. The van der Waals surface area contributed by atoms with Gasteiger partial charge in [-0.3, -0.25) is 9.59 Å². The quantitative estimate of drug-likeness (QED) is 0.640. The van der Waals surface area contributed by atoms with Crippen LogP contribution >= 0.6 is 0 Å². The molecule has 24 heavy (non-hydrogen) atoms. The van der Waals surface area contributed by atoms with E-state index in [1.165, 1.54) is 7.11 Å². The molecular formula is C20H18O4. The third-order valence-electron chi connectivity index (χ3n) is 4.12. The minimum Gasteiger partial charge on any atom is -0.488 e. The molecule has 0 bridgehead atoms. The van der Waals surface area contributed by atoms with Gasteiger partial charge < -0.3 is 9.47 Å². The lowest BCUT2D eigenvalue weighted by atomic mass is 9.94. The Morgan fingerprint density at radius 2 is 1.96 bits per heavy atom. The van der Waals surface area contributed by atoms with E-state index in [9.17, 15) is 9.59 Å². The highest BCUT2D eigenvalue weighted by molar-refractivity contribution is 6.14. The van der Waals surface area contributed by atoms with Crippen LogP contribution in [0, 0.1) is 0 Å². The number of carbonyl (C=O) groups excluding carboxylic acids is 2. The summed E-state index contributed by atoms with van der Waals surface area (Å²) >= 11 is 0. The second kappa shape index (κ2) is 6.71. The monoisotopic (exact) mass is 322 g/mol. The zero-order chi connectivity index (χ0) is 17.1. The number of ether oxygens (including phenoxy) is 2. The van der Waals surface area contributed by atoms with Crippen molar-refractivity contribution in [3.8, 4) is 5.75 Å². The first-order chi connectivity index (χ1) is 11.6. The van der Waals surface area contributed by atoms with Gasteiger partial charge >= 0.3 is 5.97 Å². The van der Waals surface area contributed by atoms with Crippen molar-refractivity contribution >= 4 is 17.8 Å². The summed E-state index contributed by atoms with van der Waals surface area (Å²) in [4.78, 5) is 24.3. The summed E-state index contributed by atoms with van der Waals surface area (Å²) in [5.41, 5.74) is 2.86. The number of fused-ring (bicyclic) bond motifs is 1. The fraction of sp³-hybridized carbons (Fsp3) is 0.200. The lowest BCUT2D eigenvalue weighted by Gasteiger charge is -2.20. The van der Waals surface area contributed by atoms with Gasteiger partial charge in [0.15, 0.2) is 5.78 Å². The van der Waals surface area contributed by atoms with Crippen LogP contribution in [0.4, 0.5) is 0 Å². The van der Waals surface area contributed by atoms with Crippen LogP contribution in [0.25, 0.3) is 6.08 Å². The number of carbonyl (C=O) groups is 2. The fourth-order valence-corrected chi connectivity index (χ4v) is 2.68. The molecule has 1 aliphatic rings. The van der Waals surface area contributed by atoms with Gasteiger partial charge in [-0.15, -0.1) is 0 Å². The number of ketones is 1. The number of esters is 1. The molecule has 4 heteroatoms. The predicted molar refractivity (Wildman–Crippen MR) is 91.1 cm³/mol. The summed E-state index contributed by atoms with van der Waals surface area (Å²) < 4.78 is 10.5. The Balaban J connectivity index is 1.89. The van der Waals surface area contributed by atoms with E-state index in [1.807, 2.05) is 36.4 Å². The highest BCUT2D eigenvalue weighted by Crippen LogP contribution is 2.31. The molecule has 1 atom stereocenters. The first-order valence-corrected chi connectivity index (χ1v) is 7.75. The summed E-state index contributed by atoms with van der Waals surface area (Å²) in [5, 5.41) is 0. The van der Waals surface area contributed by atoms with Gasteiger partial charge in [-0.25, -0.2) is 0 Å². The molecular weight excluding hydrogens is 304 g/mol. The molecule has 0 fully saturated rings. The van der Waals surface area contributed by atoms with Gasteiger partial charge in [0.05, 0.1) is 18.6 Å². The molecule has 0 amide bonds. The van der Waals surface area contributed by atoms with Crippen molar-refractivity contribution in [1.82, 2.24) is 0 Å². The van der Waals surface area contributed by atoms with Crippen molar-refractivity contribution in [2.45, 2.75) is 12.8 Å². The Bertz CT molecular complexity index is 806. The first kappa shape index (κ1) is 16.0. The molecule has 4 nitrogen and oxygen atoms in total. The average molecular weight is 322 g/mol. The molecule has 2 aromatic carbocycles. The molecule has 0 spiro atoms. The van der Waals surface area contributed by atoms with Crippen molar-refractivity contribution in [1.29, 1.82) is 0 Å². The Kier molecular flexibility index (Phi) is 4.47. The molecule has 0 radical (unpaired) electrons. The van der Waals surface area contributed by atoms with Crippen molar-refractivity contribution in [3.63, 3.8) is 0 Å². The van der Waals surface area contributed by atoms with Crippen LogP contribution in [-0.4, -0.2) is 25.5 Å². The van der Waals surface area contributed by atoms with Crippen LogP contribution in [0.1, 0.15) is 34.3 Å². The second-order valence-electron chi connectivity index (χ2n) is 5.70. The molecule has 2 aromatic rings. The van der Waals surface area contributed by atoms with Gasteiger partial charge in [-0.1, -0.05) is 36.4 Å². The van der Waals surface area contributed by atoms with E-state index in [-0.39, 0.29) is 18.4 Å². The number of hydrogen-bond acceptors (Lipinski definition) is 4. The van der Waals surface area contributed by atoms with Crippen LogP contribution < -0.4 is 4.74 Å². The van der Waals surface area contributed by atoms with Crippen molar-refractivity contribution in [2.75, 3.05) is 13.7 Å². The molecule has 0 saturated carbocycles. The zero-order valence-electron chi connectivity index (χ0n) is 13.6. The van der Waals surface area contributed by atoms with Gasteiger partial charge in [-0.2, -0.15) is 0 Å². The van der Waals surface area contributed by atoms with Crippen LogP contribution in [0.2, 0.25) is 0 Å². The zero-order valence-corrected chi connectivity index (χ0v) is 13.6. The lowest BCUT2D eigenvalue weighted by Crippen LogP contribution is -2.20. The molecule has 1 aliphatic heterocycles. The number of hydrogen-bond donors (Lipinski definition) is 0. The summed E-state index contributed by atoms with van der Waals surface area (Å²) in [6.07, 6.45) is 1.84. The molecule has 0 aliphatic carbocycles. The number of Topliss-reactive ketones (excluding diaryl/α,β-unsaturated/α-hetero) is 1. The molecule has 0 N–H and O–H groups in total. The van der Waals surface area contributed by atoms with E-state index >= 15 is 0 Å². The standard InChI is InChI=1S/C20H18O4/c1-13(20(22)23-2)15-8-9-17-18(11-15)24-12-16(19(17)21)10-14-6-4-3-5-7-14/h3-11,13H,12H2,1-2H3. The Hall–Kier alpha value is -2.88. The van der Waals surface area contributed by atoms with E-state index in [0.717, 1.165) is 11.1 Å². The smallest absolute Gasteiger partial charge is 0.312 e. The number of benzene rings is 2. The molecule has 1 heterocycles. The van der Waals surface area contributed by atoms with Gasteiger partial charge in [0.1, 0.15) is 12.4 Å². The maximum Gasteiger partial charge on any atom is 0.312 e. The fourth-order valence-electron chi connectivity index (χ4n) is 2.68. The SMILES string of the molecule is COC(=O)C(C)c1ccc2c(c1)OCC(=Cc1ccccc1)C2=O. The summed E-state index contributed by atoms with van der Waals surface area (Å²) in [7, 11) is 1.36. The number of rotatable bonds is 3. The highest BCUT2D eigenvalue weighted by Gasteiger charge is 2.25. The topological polar surface area (TPSA) is 52.6 Å². The minimum atomic E-state index is -0.403. The van der Waals surface area contributed by atoms with E-state index < -0.39 is 5.92 Å². The van der Waals surface area contributed by atoms with E-state index in [2.05, 4.69) is 0 Å². The van der Waals surface area contributed by atoms with Crippen LogP contribution in [-0.2, 0) is 9.53 Å². The van der Waals surface area contributed by atoms with E-state index in [0.29, 0.717) is 16.9 Å². The second-order valence-corrected chi connectivity index (χ2v) is 5.70. The summed E-state index contributed by atoms with van der Waals surface area (Å²) in [6, 6.07) is 14.9.